The summed E-state index contributed by atoms with van der Waals surface area (Å²) in [5.74, 6) is 1.64. The van der Waals surface area contributed by atoms with Gasteiger partial charge in [0.2, 0.25) is 0 Å². The van der Waals surface area contributed by atoms with Crippen LogP contribution in [0.3, 0.4) is 0 Å². The van der Waals surface area contributed by atoms with Gasteiger partial charge in [-0.05, 0) is 31.5 Å². The summed E-state index contributed by atoms with van der Waals surface area (Å²) in [4.78, 5) is 4.11. The molecule has 0 aliphatic rings. The van der Waals surface area contributed by atoms with Gasteiger partial charge in [-0.15, -0.1) is 30.6 Å². The van der Waals surface area contributed by atoms with Crippen molar-refractivity contribution in [2.45, 2.75) is 20.0 Å². The molecule has 2 N–H and O–H groups in total. The number of nitrogens with one attached hydrogen (secondary N) is 2. The van der Waals surface area contributed by atoms with Crippen molar-refractivity contribution in [2.75, 3.05) is 20.1 Å². The molecule has 4 nitrogen and oxygen atoms in total. The molecule has 0 aliphatic heterocycles. The lowest BCUT2D eigenvalue weighted by Gasteiger charge is -2.17. The van der Waals surface area contributed by atoms with Gasteiger partial charge in [0.25, 0.3) is 0 Å². The van der Waals surface area contributed by atoms with Crippen LogP contribution in [0.2, 0.25) is 0 Å². The number of halogens is 1. The molecule has 1 atom stereocenters. The third kappa shape index (κ3) is 7.37. The molecule has 1 unspecified atom stereocenters. The lowest BCUT2D eigenvalue weighted by Crippen LogP contribution is -2.41. The second-order valence-electron chi connectivity index (χ2n) is 4.37. The van der Waals surface area contributed by atoms with E-state index in [9.17, 15) is 0 Å². The number of aryl methyl sites for hydroxylation is 1. The average molecular weight is 389 g/mol. The highest BCUT2D eigenvalue weighted by atomic mass is 127. The van der Waals surface area contributed by atoms with Crippen molar-refractivity contribution in [1.82, 2.24) is 10.6 Å². The monoisotopic (exact) mass is 389 g/mol. The Morgan fingerprint density at radius 1 is 1.45 bits per heavy atom. The van der Waals surface area contributed by atoms with Gasteiger partial charge in [0.15, 0.2) is 5.96 Å². The van der Waals surface area contributed by atoms with E-state index in [4.69, 9.17) is 4.74 Å². The number of hydrogen-bond donors (Lipinski definition) is 2. The Morgan fingerprint density at radius 3 is 2.80 bits per heavy atom. The lowest BCUT2D eigenvalue weighted by molar-refractivity contribution is 0.224. The Morgan fingerprint density at radius 2 is 2.20 bits per heavy atom. The number of guanidine groups is 1. The Hall–Kier alpha value is -1.24. The molecule has 1 rings (SSSR count). The molecule has 5 heteroatoms. The molecule has 0 aromatic heterocycles. The Bertz CT molecular complexity index is 435. The van der Waals surface area contributed by atoms with Gasteiger partial charge in [0.05, 0.1) is 6.54 Å². The van der Waals surface area contributed by atoms with Crippen LogP contribution in [0.25, 0.3) is 0 Å². The van der Waals surface area contributed by atoms with Crippen LogP contribution in [0.4, 0.5) is 0 Å². The summed E-state index contributed by atoms with van der Waals surface area (Å²) in [5.41, 5.74) is 1.20. The summed E-state index contributed by atoms with van der Waals surface area (Å²) in [5, 5.41) is 6.32. The van der Waals surface area contributed by atoms with Crippen LogP contribution >= 0.6 is 24.0 Å². The van der Waals surface area contributed by atoms with E-state index < -0.39 is 0 Å². The molecule has 0 aliphatic carbocycles. The summed E-state index contributed by atoms with van der Waals surface area (Å²) in [6.45, 7) is 9.11. The molecule has 20 heavy (non-hydrogen) atoms. The standard InChI is InChI=1S/C15H23N3O.HI/c1-5-9-17-15(16-4)18-11-13(3)19-14-8-6-7-12(2)10-14;/h5-8,10,13H,1,9,11H2,2-4H3,(H2,16,17,18);1H. The molecule has 0 saturated heterocycles. The third-order valence-corrected chi connectivity index (χ3v) is 2.52. The van der Waals surface area contributed by atoms with Gasteiger partial charge in [-0.2, -0.15) is 0 Å². The minimum atomic E-state index is 0. The first-order chi connectivity index (χ1) is 9.15. The van der Waals surface area contributed by atoms with E-state index in [0.29, 0.717) is 13.1 Å². The lowest BCUT2D eigenvalue weighted by atomic mass is 10.2. The van der Waals surface area contributed by atoms with Crippen LogP contribution in [-0.2, 0) is 0 Å². The van der Waals surface area contributed by atoms with Crippen LogP contribution < -0.4 is 15.4 Å². The molecule has 1 aromatic carbocycles. The zero-order chi connectivity index (χ0) is 14.1. The molecule has 112 valence electrons. The second kappa shape index (κ2) is 10.5. The van der Waals surface area contributed by atoms with E-state index >= 15 is 0 Å². The smallest absolute Gasteiger partial charge is 0.191 e. The normalized spacial score (nSPS) is 12.1. The molecular weight excluding hydrogens is 365 g/mol. The van der Waals surface area contributed by atoms with E-state index in [1.807, 2.05) is 25.1 Å². The fourth-order valence-electron chi connectivity index (χ4n) is 1.59. The van der Waals surface area contributed by atoms with E-state index in [-0.39, 0.29) is 30.1 Å². The first-order valence-corrected chi connectivity index (χ1v) is 6.44. The summed E-state index contributed by atoms with van der Waals surface area (Å²) in [6, 6.07) is 8.04. The maximum absolute atomic E-state index is 5.83. The Balaban J connectivity index is 0.00000361. The van der Waals surface area contributed by atoms with Gasteiger partial charge in [0, 0.05) is 13.6 Å². The summed E-state index contributed by atoms with van der Waals surface area (Å²) in [7, 11) is 1.74. The Kier molecular flexibility index (Phi) is 9.88. The highest BCUT2D eigenvalue weighted by Crippen LogP contribution is 2.13. The first-order valence-electron chi connectivity index (χ1n) is 6.44. The second-order valence-corrected chi connectivity index (χ2v) is 4.37. The summed E-state index contributed by atoms with van der Waals surface area (Å²) >= 11 is 0. The van der Waals surface area contributed by atoms with Crippen LogP contribution in [0.1, 0.15) is 12.5 Å². The van der Waals surface area contributed by atoms with Crippen molar-refractivity contribution in [2.24, 2.45) is 4.99 Å². The molecule has 0 heterocycles. The zero-order valence-electron chi connectivity index (χ0n) is 12.3. The van der Waals surface area contributed by atoms with Crippen LogP contribution in [0.5, 0.6) is 5.75 Å². The van der Waals surface area contributed by atoms with Crippen LogP contribution in [-0.4, -0.2) is 32.2 Å². The molecule has 0 bridgehead atoms. The number of ether oxygens (including phenoxy) is 1. The van der Waals surface area contributed by atoms with Crippen molar-refractivity contribution in [3.63, 3.8) is 0 Å². The number of benzene rings is 1. The van der Waals surface area contributed by atoms with E-state index in [1.54, 1.807) is 13.1 Å². The van der Waals surface area contributed by atoms with Crippen LogP contribution in [0.15, 0.2) is 41.9 Å². The maximum atomic E-state index is 5.83. The highest BCUT2D eigenvalue weighted by Gasteiger charge is 2.05. The number of hydrogen-bond acceptors (Lipinski definition) is 2. The van der Waals surface area contributed by atoms with E-state index in [2.05, 4.69) is 35.2 Å². The molecule has 0 amide bonds. The fraction of sp³-hybridized carbons (Fsp3) is 0.400. The van der Waals surface area contributed by atoms with Crippen molar-refractivity contribution in [1.29, 1.82) is 0 Å². The van der Waals surface area contributed by atoms with Crippen molar-refractivity contribution in [3.8, 4) is 5.75 Å². The van der Waals surface area contributed by atoms with Crippen molar-refractivity contribution >= 4 is 29.9 Å². The molecule has 0 fully saturated rings. The van der Waals surface area contributed by atoms with Gasteiger partial charge >= 0.3 is 0 Å². The minimum Gasteiger partial charge on any atom is -0.489 e. The number of aliphatic imine (C=N–C) groups is 1. The first kappa shape index (κ1) is 18.8. The predicted octanol–water partition coefficient (Wildman–Crippen LogP) is 2.73. The van der Waals surface area contributed by atoms with Crippen molar-refractivity contribution < 1.29 is 4.74 Å². The molecule has 0 spiro atoms. The largest absolute Gasteiger partial charge is 0.489 e. The molecule has 1 aromatic rings. The molecule has 0 saturated carbocycles. The highest BCUT2D eigenvalue weighted by molar-refractivity contribution is 14.0. The van der Waals surface area contributed by atoms with Gasteiger partial charge in [0.1, 0.15) is 11.9 Å². The SMILES string of the molecule is C=CCNC(=NC)NCC(C)Oc1cccc(C)c1.I. The minimum absolute atomic E-state index is 0. The third-order valence-electron chi connectivity index (χ3n) is 2.52. The fourth-order valence-corrected chi connectivity index (χ4v) is 1.59. The predicted molar refractivity (Wildman–Crippen MR) is 96.2 cm³/mol. The Labute approximate surface area is 138 Å². The van der Waals surface area contributed by atoms with Crippen molar-refractivity contribution in [3.05, 3.63) is 42.5 Å². The summed E-state index contributed by atoms with van der Waals surface area (Å²) in [6.07, 6.45) is 1.85. The quantitative estimate of drug-likeness (QED) is 0.341. The van der Waals surface area contributed by atoms with Gasteiger partial charge < -0.3 is 15.4 Å². The number of rotatable bonds is 6. The van der Waals surface area contributed by atoms with Crippen LogP contribution in [0, 0.1) is 6.92 Å². The maximum Gasteiger partial charge on any atom is 0.191 e. The van der Waals surface area contributed by atoms with E-state index in [1.165, 1.54) is 5.56 Å². The average Bonchev–Trinajstić information content (AvgIpc) is 2.39. The van der Waals surface area contributed by atoms with Gasteiger partial charge in [-0.3, -0.25) is 4.99 Å². The molecular formula is C15H24IN3O. The van der Waals surface area contributed by atoms with Gasteiger partial charge in [-0.1, -0.05) is 18.2 Å². The van der Waals surface area contributed by atoms with E-state index in [0.717, 1.165) is 11.7 Å². The van der Waals surface area contributed by atoms with Gasteiger partial charge in [-0.25, -0.2) is 0 Å². The molecule has 0 radical (unpaired) electrons. The number of nitrogens with zero attached hydrogens (tertiary/aromatic N) is 1. The summed E-state index contributed by atoms with van der Waals surface area (Å²) < 4.78 is 5.83. The zero-order valence-corrected chi connectivity index (χ0v) is 14.7. The topological polar surface area (TPSA) is 45.7 Å².